The van der Waals surface area contributed by atoms with E-state index >= 15 is 0 Å². The van der Waals surface area contributed by atoms with Crippen LogP contribution in [0.4, 0.5) is 0 Å². The summed E-state index contributed by atoms with van der Waals surface area (Å²) in [4.78, 5) is 11.7. The van der Waals surface area contributed by atoms with Crippen LogP contribution in [0.5, 0.6) is 0 Å². The summed E-state index contributed by atoms with van der Waals surface area (Å²) in [6.45, 7) is 7.02. The van der Waals surface area contributed by atoms with Gasteiger partial charge in [0.1, 0.15) is 0 Å². The van der Waals surface area contributed by atoms with E-state index in [0.717, 1.165) is 38.5 Å². The Kier molecular flexibility index (Phi) is 6.04. The molecular weight excluding hydrogens is 380 g/mol. The predicted molar refractivity (Wildman–Crippen MR) is 114 cm³/mol. The second-order valence-electron chi connectivity index (χ2n) is 11.6. The fourth-order valence-electron chi connectivity index (χ4n) is 8.86. The lowest BCUT2D eigenvalue weighted by molar-refractivity contribution is -0.223. The molecule has 4 aliphatic rings. The number of ether oxygens (including phenoxy) is 1. The van der Waals surface area contributed by atoms with Gasteiger partial charge in [-0.1, -0.05) is 20.8 Å². The van der Waals surface area contributed by atoms with Crippen LogP contribution < -0.4 is 0 Å². The zero-order valence-electron chi connectivity index (χ0n) is 19.2. The minimum Gasteiger partial charge on any atom is -0.469 e. The van der Waals surface area contributed by atoms with Crippen LogP contribution in [0.2, 0.25) is 0 Å². The average Bonchev–Trinajstić information content (AvgIpc) is 3.08. The lowest BCUT2D eigenvalue weighted by Crippen LogP contribution is -2.64. The van der Waals surface area contributed by atoms with Crippen LogP contribution in [0.3, 0.4) is 0 Å². The molecule has 0 heterocycles. The van der Waals surface area contributed by atoms with Crippen molar-refractivity contribution in [1.82, 2.24) is 0 Å². The van der Waals surface area contributed by atoms with Gasteiger partial charge in [-0.2, -0.15) is 0 Å². The maximum atomic E-state index is 11.7. The monoisotopic (exact) mass is 422 g/mol. The molecule has 4 aliphatic carbocycles. The second-order valence-corrected chi connectivity index (χ2v) is 11.6. The maximum absolute atomic E-state index is 11.7. The number of fused-ring (bicyclic) bond motifs is 5. The molecule has 0 aromatic carbocycles. The third kappa shape index (κ3) is 3.34. The van der Waals surface area contributed by atoms with E-state index in [1.165, 1.54) is 13.5 Å². The summed E-state index contributed by atoms with van der Waals surface area (Å²) in [6.07, 6.45) is 6.48. The minimum atomic E-state index is -0.732. The molecule has 0 aliphatic heterocycles. The Morgan fingerprint density at radius 3 is 2.33 bits per heavy atom. The fraction of sp³-hybridized carbons (Fsp3) is 0.960. The molecule has 0 radical (unpaired) electrons. The number of hydrogen-bond donors (Lipinski definition) is 3. The van der Waals surface area contributed by atoms with Crippen molar-refractivity contribution >= 4 is 5.97 Å². The molecule has 0 aromatic rings. The minimum absolute atomic E-state index is 0.00182. The summed E-state index contributed by atoms with van der Waals surface area (Å²) in [5, 5.41) is 32.7. The van der Waals surface area contributed by atoms with Gasteiger partial charge < -0.3 is 20.1 Å². The van der Waals surface area contributed by atoms with Crippen molar-refractivity contribution in [2.75, 3.05) is 7.11 Å². The smallest absolute Gasteiger partial charge is 0.305 e. The SMILES string of the molecule is COC(=O)CC[C@@H](C)[C@H]1CC[C@@H]2[C@H]3[C@@H](O)[C@@H](O)[C@H]4C[C@H](O)CC[C@]4(C)[C@@H]3CC[C@@]21C. The van der Waals surface area contributed by atoms with Crippen LogP contribution >= 0.6 is 0 Å². The molecule has 30 heavy (non-hydrogen) atoms. The van der Waals surface area contributed by atoms with E-state index < -0.39 is 12.2 Å². The van der Waals surface area contributed by atoms with Gasteiger partial charge in [0, 0.05) is 6.42 Å². The number of rotatable bonds is 4. The van der Waals surface area contributed by atoms with E-state index in [1.54, 1.807) is 0 Å². The molecule has 0 amide bonds. The van der Waals surface area contributed by atoms with Crippen molar-refractivity contribution in [3.8, 4) is 0 Å². The molecule has 4 rings (SSSR count). The van der Waals surface area contributed by atoms with Gasteiger partial charge >= 0.3 is 5.97 Å². The Balaban J connectivity index is 1.56. The molecule has 0 unspecified atom stereocenters. The Hall–Kier alpha value is -0.650. The zero-order valence-corrected chi connectivity index (χ0v) is 19.2. The number of carbonyl (C=O) groups is 1. The predicted octanol–water partition coefficient (Wildman–Crippen LogP) is 3.54. The molecule has 5 heteroatoms. The molecule has 0 saturated heterocycles. The second kappa shape index (κ2) is 8.04. The van der Waals surface area contributed by atoms with E-state index in [-0.39, 0.29) is 34.7 Å². The Morgan fingerprint density at radius 2 is 1.63 bits per heavy atom. The van der Waals surface area contributed by atoms with Gasteiger partial charge in [-0.05, 0) is 97.7 Å². The Labute approximate surface area is 181 Å². The molecule has 0 bridgehead atoms. The summed E-state index contributed by atoms with van der Waals surface area (Å²) in [5.41, 5.74) is 0.174. The van der Waals surface area contributed by atoms with Gasteiger partial charge in [0.2, 0.25) is 0 Å². The largest absolute Gasteiger partial charge is 0.469 e. The first-order valence-corrected chi connectivity index (χ1v) is 12.2. The highest BCUT2D eigenvalue weighted by Gasteiger charge is 2.65. The lowest BCUT2D eigenvalue weighted by atomic mass is 9.43. The summed E-state index contributed by atoms with van der Waals surface area (Å²) >= 11 is 0. The van der Waals surface area contributed by atoms with Gasteiger partial charge in [-0.3, -0.25) is 4.79 Å². The van der Waals surface area contributed by atoms with E-state index in [4.69, 9.17) is 4.74 Å². The molecule has 11 atom stereocenters. The van der Waals surface area contributed by atoms with Crippen LogP contribution in [-0.4, -0.2) is 46.7 Å². The summed E-state index contributed by atoms with van der Waals surface area (Å²) in [7, 11) is 1.45. The first-order valence-electron chi connectivity index (χ1n) is 12.2. The van der Waals surface area contributed by atoms with E-state index in [9.17, 15) is 20.1 Å². The third-order valence-electron chi connectivity index (χ3n) is 10.5. The Bertz CT molecular complexity index is 651. The first kappa shape index (κ1) is 22.5. The van der Waals surface area contributed by atoms with Crippen molar-refractivity contribution in [3.63, 3.8) is 0 Å². The molecule has 0 spiro atoms. The van der Waals surface area contributed by atoms with E-state index in [1.807, 2.05) is 0 Å². The van der Waals surface area contributed by atoms with Gasteiger partial charge in [0.05, 0.1) is 25.4 Å². The molecule has 3 N–H and O–H groups in total. The number of esters is 1. The van der Waals surface area contributed by atoms with Crippen LogP contribution in [0.15, 0.2) is 0 Å². The lowest BCUT2D eigenvalue weighted by Gasteiger charge is -2.63. The summed E-state index contributed by atoms with van der Waals surface area (Å²) in [5.74, 6) is 1.87. The molecule has 4 fully saturated rings. The molecule has 5 nitrogen and oxygen atoms in total. The topological polar surface area (TPSA) is 87.0 Å². The fourth-order valence-corrected chi connectivity index (χ4v) is 8.86. The highest BCUT2D eigenvalue weighted by atomic mass is 16.5. The van der Waals surface area contributed by atoms with Crippen molar-refractivity contribution in [2.24, 2.45) is 46.3 Å². The molecule has 172 valence electrons. The number of carbonyl (C=O) groups excluding carboxylic acids is 1. The van der Waals surface area contributed by atoms with Crippen molar-refractivity contribution in [2.45, 2.75) is 96.9 Å². The van der Waals surface area contributed by atoms with Gasteiger partial charge in [0.15, 0.2) is 0 Å². The number of hydrogen-bond acceptors (Lipinski definition) is 5. The van der Waals surface area contributed by atoms with E-state index in [2.05, 4.69) is 20.8 Å². The van der Waals surface area contributed by atoms with Crippen LogP contribution in [0.1, 0.15) is 78.6 Å². The Morgan fingerprint density at radius 1 is 0.967 bits per heavy atom. The van der Waals surface area contributed by atoms with Gasteiger partial charge in [-0.25, -0.2) is 0 Å². The van der Waals surface area contributed by atoms with Gasteiger partial charge in [-0.15, -0.1) is 0 Å². The van der Waals surface area contributed by atoms with Crippen molar-refractivity contribution in [1.29, 1.82) is 0 Å². The number of aliphatic hydroxyl groups excluding tert-OH is 3. The summed E-state index contributed by atoms with van der Waals surface area (Å²) in [6, 6.07) is 0. The summed E-state index contributed by atoms with van der Waals surface area (Å²) < 4.78 is 4.84. The molecule has 0 aromatic heterocycles. The van der Waals surface area contributed by atoms with Crippen molar-refractivity contribution < 1.29 is 24.9 Å². The quantitative estimate of drug-likeness (QED) is 0.603. The average molecular weight is 423 g/mol. The zero-order chi connectivity index (χ0) is 21.8. The standard InChI is InChI=1S/C25H42O5/c1-14(5-8-20(27)30-4)16-6-7-17-21-18(10-12-24(16,17)2)25(3)11-9-15(26)13-19(25)22(28)23(21)29/h14-19,21-23,26,28-29H,5-13H2,1-4H3/t14-,15-,16-,17-,18-,19-,21-,22+,23-,24-,25-/m1/s1. The van der Waals surface area contributed by atoms with Crippen LogP contribution in [0.25, 0.3) is 0 Å². The normalized spacial score (nSPS) is 51.4. The van der Waals surface area contributed by atoms with Gasteiger partial charge in [0.25, 0.3) is 0 Å². The molecule has 4 saturated carbocycles. The molecular formula is C25H42O5. The van der Waals surface area contributed by atoms with Crippen LogP contribution in [0, 0.1) is 46.3 Å². The van der Waals surface area contributed by atoms with Crippen LogP contribution in [-0.2, 0) is 9.53 Å². The third-order valence-corrected chi connectivity index (χ3v) is 10.5. The van der Waals surface area contributed by atoms with Crippen molar-refractivity contribution in [3.05, 3.63) is 0 Å². The first-order chi connectivity index (χ1) is 14.1. The number of methoxy groups -OCH3 is 1. The van der Waals surface area contributed by atoms with E-state index in [0.29, 0.717) is 36.5 Å². The highest BCUT2D eigenvalue weighted by Crippen LogP contribution is 2.68. The maximum Gasteiger partial charge on any atom is 0.305 e. The number of aliphatic hydroxyl groups is 3. The highest BCUT2D eigenvalue weighted by molar-refractivity contribution is 5.69.